The first-order chi connectivity index (χ1) is 12.7. The third-order valence-electron chi connectivity index (χ3n) is 3.88. The SMILES string of the molecule is CCNS(=O)(=O)c1ccc(S(=O)(=O)NN2CC=Cc3cccc(Br)c32)cc1. The van der Waals surface area contributed by atoms with E-state index < -0.39 is 20.0 Å². The number of hydrazine groups is 1. The molecule has 2 aromatic rings. The molecule has 0 spiro atoms. The van der Waals surface area contributed by atoms with E-state index in [9.17, 15) is 16.8 Å². The number of para-hydroxylation sites is 1. The molecule has 144 valence electrons. The minimum absolute atomic E-state index is 0.0114. The molecule has 0 aromatic heterocycles. The van der Waals surface area contributed by atoms with Gasteiger partial charge in [0.1, 0.15) is 0 Å². The first kappa shape index (κ1) is 20.0. The van der Waals surface area contributed by atoms with Gasteiger partial charge in [0.15, 0.2) is 0 Å². The molecule has 0 amide bonds. The van der Waals surface area contributed by atoms with Crippen LogP contribution in [0.15, 0.2) is 62.8 Å². The largest absolute Gasteiger partial charge is 0.289 e. The molecule has 0 saturated heterocycles. The molecule has 0 atom stereocenters. The fraction of sp³-hybridized carbons (Fsp3) is 0.176. The second-order valence-electron chi connectivity index (χ2n) is 5.76. The molecule has 0 saturated carbocycles. The molecule has 0 aliphatic carbocycles. The van der Waals surface area contributed by atoms with E-state index in [2.05, 4.69) is 25.5 Å². The smallest absolute Gasteiger partial charge is 0.257 e. The van der Waals surface area contributed by atoms with E-state index in [4.69, 9.17) is 0 Å². The van der Waals surface area contributed by atoms with E-state index in [1.54, 1.807) is 6.92 Å². The van der Waals surface area contributed by atoms with Crippen molar-refractivity contribution in [3.8, 4) is 0 Å². The van der Waals surface area contributed by atoms with Gasteiger partial charge in [0.25, 0.3) is 10.0 Å². The van der Waals surface area contributed by atoms with Gasteiger partial charge in [0.2, 0.25) is 10.0 Å². The van der Waals surface area contributed by atoms with Crippen LogP contribution in [0.4, 0.5) is 5.69 Å². The summed E-state index contributed by atoms with van der Waals surface area (Å²) >= 11 is 3.45. The number of sulfonamides is 2. The van der Waals surface area contributed by atoms with E-state index in [0.29, 0.717) is 6.54 Å². The highest BCUT2D eigenvalue weighted by molar-refractivity contribution is 9.10. The number of nitrogens with one attached hydrogen (secondary N) is 2. The Morgan fingerprint density at radius 2 is 1.63 bits per heavy atom. The van der Waals surface area contributed by atoms with Gasteiger partial charge in [-0.05, 0) is 46.3 Å². The Morgan fingerprint density at radius 3 is 2.26 bits per heavy atom. The number of nitrogens with zero attached hydrogens (tertiary/aromatic N) is 1. The normalized spacial score (nSPS) is 14.2. The summed E-state index contributed by atoms with van der Waals surface area (Å²) in [5.74, 6) is 0. The van der Waals surface area contributed by atoms with Crippen LogP contribution < -0.4 is 14.6 Å². The number of benzene rings is 2. The third kappa shape index (κ3) is 4.25. The van der Waals surface area contributed by atoms with E-state index in [1.807, 2.05) is 30.4 Å². The standard InChI is InChI=1S/C17H18BrN3O4S2/c1-2-19-26(22,23)14-8-10-15(11-9-14)27(24,25)20-21-12-4-6-13-5-3-7-16(18)17(13)21/h3-11,19-20H,2,12H2,1H3. The van der Waals surface area contributed by atoms with Crippen LogP contribution in [0.3, 0.4) is 0 Å². The number of fused-ring (bicyclic) bond motifs is 1. The van der Waals surface area contributed by atoms with Crippen LogP contribution in [0.1, 0.15) is 12.5 Å². The summed E-state index contributed by atoms with van der Waals surface area (Å²) in [6, 6.07) is 10.7. The summed E-state index contributed by atoms with van der Waals surface area (Å²) < 4.78 is 52.6. The fourth-order valence-corrected chi connectivity index (χ4v) is 5.37. The van der Waals surface area contributed by atoms with Gasteiger partial charge in [-0.25, -0.2) is 21.6 Å². The average molecular weight is 472 g/mol. The molecule has 1 aliphatic heterocycles. The van der Waals surface area contributed by atoms with Crippen LogP contribution in [-0.4, -0.2) is 29.9 Å². The molecule has 27 heavy (non-hydrogen) atoms. The molecular weight excluding hydrogens is 454 g/mol. The zero-order valence-electron chi connectivity index (χ0n) is 14.4. The van der Waals surface area contributed by atoms with Gasteiger partial charge in [0, 0.05) is 16.6 Å². The van der Waals surface area contributed by atoms with Crippen molar-refractivity contribution in [3.05, 3.63) is 58.6 Å². The van der Waals surface area contributed by atoms with Gasteiger partial charge in [-0.15, -0.1) is 4.83 Å². The monoisotopic (exact) mass is 471 g/mol. The summed E-state index contributed by atoms with van der Waals surface area (Å²) in [7, 11) is -7.52. The zero-order valence-corrected chi connectivity index (χ0v) is 17.6. The Kier molecular flexibility index (Phi) is 5.73. The number of anilines is 1. The molecule has 2 aromatic carbocycles. The summed E-state index contributed by atoms with van der Waals surface area (Å²) in [4.78, 5) is 2.54. The van der Waals surface area contributed by atoms with Gasteiger partial charge >= 0.3 is 0 Å². The lowest BCUT2D eigenvalue weighted by atomic mass is 10.1. The van der Waals surface area contributed by atoms with Crippen molar-refractivity contribution in [2.75, 3.05) is 18.1 Å². The molecule has 7 nitrogen and oxygen atoms in total. The molecule has 10 heteroatoms. The highest BCUT2D eigenvalue weighted by Gasteiger charge is 2.23. The van der Waals surface area contributed by atoms with Crippen molar-refractivity contribution in [2.45, 2.75) is 16.7 Å². The van der Waals surface area contributed by atoms with E-state index in [0.717, 1.165) is 15.7 Å². The van der Waals surface area contributed by atoms with Crippen molar-refractivity contribution < 1.29 is 16.8 Å². The molecule has 0 unspecified atom stereocenters. The molecule has 0 radical (unpaired) electrons. The Hall–Kier alpha value is -1.72. The van der Waals surface area contributed by atoms with Crippen molar-refractivity contribution >= 4 is 47.7 Å². The van der Waals surface area contributed by atoms with Gasteiger partial charge < -0.3 is 0 Å². The van der Waals surface area contributed by atoms with Gasteiger partial charge in [-0.2, -0.15) is 0 Å². The zero-order chi connectivity index (χ0) is 19.7. The first-order valence-corrected chi connectivity index (χ1v) is 11.9. The highest BCUT2D eigenvalue weighted by Crippen LogP contribution is 2.33. The van der Waals surface area contributed by atoms with Crippen LogP contribution in [0.5, 0.6) is 0 Å². The second-order valence-corrected chi connectivity index (χ2v) is 10.0. The maximum absolute atomic E-state index is 12.8. The van der Waals surface area contributed by atoms with Crippen LogP contribution in [0.25, 0.3) is 6.08 Å². The molecular formula is C17H18BrN3O4S2. The van der Waals surface area contributed by atoms with Crippen molar-refractivity contribution in [1.82, 2.24) is 9.55 Å². The highest BCUT2D eigenvalue weighted by atomic mass is 79.9. The number of hydrogen-bond acceptors (Lipinski definition) is 5. The molecule has 2 N–H and O–H groups in total. The van der Waals surface area contributed by atoms with Gasteiger partial charge in [0.05, 0.1) is 22.0 Å². The lowest BCUT2D eigenvalue weighted by Gasteiger charge is -2.29. The van der Waals surface area contributed by atoms with Crippen LogP contribution in [0.2, 0.25) is 0 Å². The molecule has 1 heterocycles. The predicted molar refractivity (Wildman–Crippen MR) is 108 cm³/mol. The van der Waals surface area contributed by atoms with E-state index in [-0.39, 0.29) is 16.3 Å². The lowest BCUT2D eigenvalue weighted by Crippen LogP contribution is -2.43. The lowest BCUT2D eigenvalue weighted by molar-refractivity contribution is 0.576. The van der Waals surface area contributed by atoms with Crippen molar-refractivity contribution in [2.24, 2.45) is 0 Å². The minimum atomic E-state index is -3.89. The number of hydrogen-bond donors (Lipinski definition) is 2. The number of rotatable bonds is 6. The Labute approximate surface area is 167 Å². The van der Waals surface area contributed by atoms with Gasteiger partial charge in [-0.1, -0.05) is 31.2 Å². The fourth-order valence-electron chi connectivity index (χ4n) is 2.68. The summed E-state index contributed by atoms with van der Waals surface area (Å²) in [6.45, 7) is 2.28. The van der Waals surface area contributed by atoms with Crippen molar-refractivity contribution in [3.63, 3.8) is 0 Å². The molecule has 0 bridgehead atoms. The Morgan fingerprint density at radius 1 is 1.00 bits per heavy atom. The average Bonchev–Trinajstić information content (AvgIpc) is 2.62. The maximum Gasteiger partial charge on any atom is 0.257 e. The molecule has 0 fully saturated rings. The minimum Gasteiger partial charge on any atom is -0.289 e. The van der Waals surface area contributed by atoms with E-state index in [1.165, 1.54) is 29.3 Å². The first-order valence-electron chi connectivity index (χ1n) is 8.09. The molecule has 1 aliphatic rings. The van der Waals surface area contributed by atoms with Crippen LogP contribution in [-0.2, 0) is 20.0 Å². The van der Waals surface area contributed by atoms with Crippen LogP contribution >= 0.6 is 15.9 Å². The summed E-state index contributed by atoms with van der Waals surface area (Å²) in [6.07, 6.45) is 3.77. The summed E-state index contributed by atoms with van der Waals surface area (Å²) in [5.41, 5.74) is 1.60. The number of halogens is 1. The van der Waals surface area contributed by atoms with Gasteiger partial charge in [-0.3, -0.25) is 5.01 Å². The Balaban J connectivity index is 1.88. The topological polar surface area (TPSA) is 95.6 Å². The quantitative estimate of drug-likeness (QED) is 0.674. The second kappa shape index (κ2) is 7.72. The third-order valence-corrected chi connectivity index (χ3v) is 7.44. The Bertz CT molecular complexity index is 1080. The van der Waals surface area contributed by atoms with E-state index >= 15 is 0 Å². The van der Waals surface area contributed by atoms with Crippen molar-refractivity contribution in [1.29, 1.82) is 0 Å². The molecule has 3 rings (SSSR count). The van der Waals surface area contributed by atoms with Crippen LogP contribution in [0, 0.1) is 0 Å². The predicted octanol–water partition coefficient (Wildman–Crippen LogP) is 2.47. The summed E-state index contributed by atoms with van der Waals surface area (Å²) in [5, 5.41) is 1.53. The maximum atomic E-state index is 12.8.